The summed E-state index contributed by atoms with van der Waals surface area (Å²) in [6.45, 7) is 6.66. The quantitative estimate of drug-likeness (QED) is 0.709. The predicted octanol–water partition coefficient (Wildman–Crippen LogP) is 1.05. The van der Waals surface area contributed by atoms with Crippen molar-refractivity contribution in [3.8, 4) is 0 Å². The second kappa shape index (κ2) is 3.74. The first kappa shape index (κ1) is 9.29. The molecular weight excluding hydrogens is 174 g/mol. The van der Waals surface area contributed by atoms with Gasteiger partial charge in [0.2, 0.25) is 0 Å². The highest BCUT2D eigenvalue weighted by atomic mass is 35.5. The largest absolute Gasteiger partial charge is 0.326 e. The van der Waals surface area contributed by atoms with Crippen LogP contribution in [0, 0.1) is 0 Å². The molecule has 0 bridgehead atoms. The van der Waals surface area contributed by atoms with Crippen LogP contribution in [-0.2, 0) is 13.1 Å². The predicted molar refractivity (Wildman–Crippen MR) is 51.3 cm³/mol. The maximum absolute atomic E-state index is 4.26. The van der Waals surface area contributed by atoms with E-state index in [0.29, 0.717) is 0 Å². The molecule has 0 radical (unpaired) electrons. The maximum atomic E-state index is 4.26. The Morgan fingerprint density at radius 3 is 3.25 bits per heavy atom. The summed E-state index contributed by atoms with van der Waals surface area (Å²) in [7, 11) is 0. The summed E-state index contributed by atoms with van der Waals surface area (Å²) >= 11 is 0. The standard InChI is InChI=1S/C8H11N3.ClH/c1-2-7-5-10-8-6-9-3-4-11(7)8;/h2,5,9H,1,3-4,6H2;1H. The van der Waals surface area contributed by atoms with Gasteiger partial charge in [0.15, 0.2) is 0 Å². The molecule has 12 heavy (non-hydrogen) atoms. The van der Waals surface area contributed by atoms with Gasteiger partial charge in [0, 0.05) is 13.1 Å². The summed E-state index contributed by atoms with van der Waals surface area (Å²) in [6.07, 6.45) is 3.72. The lowest BCUT2D eigenvalue weighted by Gasteiger charge is -2.16. The van der Waals surface area contributed by atoms with Gasteiger partial charge in [0.1, 0.15) is 5.82 Å². The van der Waals surface area contributed by atoms with Crippen LogP contribution in [0.1, 0.15) is 11.5 Å². The van der Waals surface area contributed by atoms with Crippen LogP contribution in [-0.4, -0.2) is 16.1 Å². The van der Waals surface area contributed by atoms with E-state index in [4.69, 9.17) is 0 Å². The number of hydrogen-bond acceptors (Lipinski definition) is 2. The number of rotatable bonds is 1. The maximum Gasteiger partial charge on any atom is 0.123 e. The van der Waals surface area contributed by atoms with Crippen LogP contribution in [0.15, 0.2) is 12.8 Å². The van der Waals surface area contributed by atoms with Crippen molar-refractivity contribution >= 4 is 18.5 Å². The molecule has 1 aliphatic heterocycles. The van der Waals surface area contributed by atoms with Crippen molar-refractivity contribution in [1.29, 1.82) is 0 Å². The topological polar surface area (TPSA) is 29.9 Å². The molecule has 0 atom stereocenters. The number of halogens is 1. The Bertz CT molecular complexity index is 280. The van der Waals surface area contributed by atoms with Crippen molar-refractivity contribution in [2.24, 2.45) is 0 Å². The second-order valence-corrected chi connectivity index (χ2v) is 2.63. The Hall–Kier alpha value is -0.800. The van der Waals surface area contributed by atoms with Crippen LogP contribution >= 0.6 is 12.4 Å². The molecule has 4 heteroatoms. The van der Waals surface area contributed by atoms with Crippen molar-refractivity contribution in [3.05, 3.63) is 24.3 Å². The highest BCUT2D eigenvalue weighted by molar-refractivity contribution is 5.85. The lowest BCUT2D eigenvalue weighted by atomic mass is 10.4. The number of fused-ring (bicyclic) bond motifs is 1. The first-order valence-corrected chi connectivity index (χ1v) is 3.79. The van der Waals surface area contributed by atoms with Gasteiger partial charge in [0.05, 0.1) is 18.4 Å². The van der Waals surface area contributed by atoms with Crippen LogP contribution in [0.4, 0.5) is 0 Å². The first-order valence-electron chi connectivity index (χ1n) is 3.79. The molecule has 0 unspecified atom stereocenters. The summed E-state index contributed by atoms with van der Waals surface area (Å²) in [5, 5.41) is 3.26. The van der Waals surface area contributed by atoms with Gasteiger partial charge in [-0.3, -0.25) is 0 Å². The Labute approximate surface area is 77.9 Å². The molecule has 1 aliphatic rings. The van der Waals surface area contributed by atoms with Crippen molar-refractivity contribution < 1.29 is 0 Å². The van der Waals surface area contributed by atoms with Gasteiger partial charge in [0.25, 0.3) is 0 Å². The summed E-state index contributed by atoms with van der Waals surface area (Å²) in [4.78, 5) is 4.26. The Morgan fingerprint density at radius 1 is 1.67 bits per heavy atom. The smallest absolute Gasteiger partial charge is 0.123 e. The van der Waals surface area contributed by atoms with Crippen LogP contribution in [0.3, 0.4) is 0 Å². The van der Waals surface area contributed by atoms with E-state index in [-0.39, 0.29) is 12.4 Å². The number of nitrogens with zero attached hydrogens (tertiary/aromatic N) is 2. The highest BCUT2D eigenvalue weighted by Crippen LogP contribution is 2.08. The van der Waals surface area contributed by atoms with Crippen LogP contribution in [0.5, 0.6) is 0 Å². The molecule has 0 amide bonds. The Morgan fingerprint density at radius 2 is 2.50 bits per heavy atom. The van der Waals surface area contributed by atoms with Gasteiger partial charge in [-0.2, -0.15) is 0 Å². The zero-order valence-electron chi connectivity index (χ0n) is 6.79. The second-order valence-electron chi connectivity index (χ2n) is 2.63. The van der Waals surface area contributed by atoms with E-state index in [9.17, 15) is 0 Å². The van der Waals surface area contributed by atoms with Crippen molar-refractivity contribution in [3.63, 3.8) is 0 Å². The minimum atomic E-state index is 0. The van der Waals surface area contributed by atoms with Crippen molar-refractivity contribution in [2.75, 3.05) is 6.54 Å². The molecule has 0 saturated carbocycles. The van der Waals surface area contributed by atoms with E-state index in [0.717, 1.165) is 31.2 Å². The minimum Gasteiger partial charge on any atom is -0.326 e. The lowest BCUT2D eigenvalue weighted by molar-refractivity contribution is 0.503. The summed E-state index contributed by atoms with van der Waals surface area (Å²) < 4.78 is 2.20. The van der Waals surface area contributed by atoms with Gasteiger partial charge < -0.3 is 9.88 Å². The Kier molecular flexibility index (Phi) is 2.89. The van der Waals surface area contributed by atoms with E-state index in [1.807, 2.05) is 12.3 Å². The molecule has 0 spiro atoms. The lowest BCUT2D eigenvalue weighted by Crippen LogP contribution is -2.28. The average molecular weight is 186 g/mol. The molecule has 3 nitrogen and oxygen atoms in total. The molecular formula is C8H12ClN3. The van der Waals surface area contributed by atoms with E-state index >= 15 is 0 Å². The fraction of sp³-hybridized carbons (Fsp3) is 0.375. The molecule has 1 N–H and O–H groups in total. The van der Waals surface area contributed by atoms with Crippen LogP contribution < -0.4 is 5.32 Å². The molecule has 66 valence electrons. The van der Waals surface area contributed by atoms with Crippen LogP contribution in [0.2, 0.25) is 0 Å². The van der Waals surface area contributed by atoms with Gasteiger partial charge in [-0.15, -0.1) is 12.4 Å². The minimum absolute atomic E-state index is 0. The number of aromatic nitrogens is 2. The molecule has 2 heterocycles. The van der Waals surface area contributed by atoms with E-state index in [2.05, 4.69) is 21.4 Å². The van der Waals surface area contributed by atoms with Gasteiger partial charge in [-0.25, -0.2) is 4.98 Å². The highest BCUT2D eigenvalue weighted by Gasteiger charge is 2.10. The summed E-state index contributed by atoms with van der Waals surface area (Å²) in [5.74, 6) is 1.12. The van der Waals surface area contributed by atoms with E-state index in [1.165, 1.54) is 0 Å². The third kappa shape index (κ3) is 1.38. The van der Waals surface area contributed by atoms with Gasteiger partial charge in [-0.05, 0) is 6.08 Å². The van der Waals surface area contributed by atoms with E-state index < -0.39 is 0 Å². The molecule has 1 aromatic rings. The SMILES string of the molecule is C=Cc1cnc2n1CCNC2.Cl. The fourth-order valence-corrected chi connectivity index (χ4v) is 1.38. The van der Waals surface area contributed by atoms with Crippen molar-refractivity contribution in [1.82, 2.24) is 14.9 Å². The molecule has 0 saturated heterocycles. The number of imidazole rings is 1. The molecule has 1 aromatic heterocycles. The van der Waals surface area contributed by atoms with Crippen molar-refractivity contribution in [2.45, 2.75) is 13.1 Å². The number of hydrogen-bond donors (Lipinski definition) is 1. The normalized spacial score (nSPS) is 14.7. The zero-order chi connectivity index (χ0) is 7.68. The summed E-state index contributed by atoms with van der Waals surface area (Å²) in [5.41, 5.74) is 1.13. The Balaban J connectivity index is 0.000000720. The molecule has 2 rings (SSSR count). The fourth-order valence-electron chi connectivity index (χ4n) is 1.38. The average Bonchev–Trinajstić information content (AvgIpc) is 2.47. The molecule has 0 fully saturated rings. The van der Waals surface area contributed by atoms with E-state index in [1.54, 1.807) is 0 Å². The van der Waals surface area contributed by atoms with Gasteiger partial charge in [-0.1, -0.05) is 6.58 Å². The third-order valence-corrected chi connectivity index (χ3v) is 1.97. The molecule has 0 aliphatic carbocycles. The first-order chi connectivity index (χ1) is 5.42. The van der Waals surface area contributed by atoms with Crippen LogP contribution in [0.25, 0.3) is 6.08 Å². The van der Waals surface area contributed by atoms with Gasteiger partial charge >= 0.3 is 0 Å². The summed E-state index contributed by atoms with van der Waals surface area (Å²) in [6, 6.07) is 0. The monoisotopic (exact) mass is 185 g/mol. The molecule has 0 aromatic carbocycles. The third-order valence-electron chi connectivity index (χ3n) is 1.97. The number of nitrogens with one attached hydrogen (secondary N) is 1. The zero-order valence-corrected chi connectivity index (χ0v) is 7.60.